The van der Waals surface area contributed by atoms with Crippen molar-refractivity contribution in [1.29, 1.82) is 0 Å². The Labute approximate surface area is 199 Å². The summed E-state index contributed by atoms with van der Waals surface area (Å²) in [6, 6.07) is 16.5. The third-order valence-corrected chi connectivity index (χ3v) is 5.14. The standard InChI is InChI=1S/C25H23F2N3O5/c26-21-5-1-16(2-6-21)18-13-19(17-3-7-22(27)8-4-17)15-20(14-18)23(31)30(11-9-28-24(32)33)12-10-29-25(34)35/h1-8,13-15,28-29H,9-12H2,(H,32,33)(H,34,35). The number of hydrogen-bond donors (Lipinski definition) is 4. The number of amides is 3. The zero-order chi connectivity index (χ0) is 25.4. The second-order valence-electron chi connectivity index (χ2n) is 7.57. The maximum atomic E-state index is 13.5. The van der Waals surface area contributed by atoms with E-state index in [0.717, 1.165) is 0 Å². The predicted molar refractivity (Wildman–Crippen MR) is 125 cm³/mol. The van der Waals surface area contributed by atoms with Gasteiger partial charge >= 0.3 is 12.2 Å². The van der Waals surface area contributed by atoms with E-state index < -0.39 is 29.7 Å². The van der Waals surface area contributed by atoms with E-state index >= 15 is 0 Å². The minimum absolute atomic E-state index is 0.000903. The summed E-state index contributed by atoms with van der Waals surface area (Å²) < 4.78 is 26.9. The van der Waals surface area contributed by atoms with Crippen molar-refractivity contribution < 1.29 is 33.4 Å². The van der Waals surface area contributed by atoms with Crippen molar-refractivity contribution >= 4 is 18.1 Å². The Bertz CT molecular complexity index is 1120. The first-order chi connectivity index (χ1) is 16.7. The molecule has 182 valence electrons. The number of nitrogens with one attached hydrogen (secondary N) is 2. The van der Waals surface area contributed by atoms with Gasteiger partial charge in [0.05, 0.1) is 0 Å². The molecule has 0 aromatic heterocycles. The van der Waals surface area contributed by atoms with Gasteiger partial charge in [-0.1, -0.05) is 24.3 Å². The minimum Gasteiger partial charge on any atom is -0.465 e. The van der Waals surface area contributed by atoms with Crippen molar-refractivity contribution in [2.24, 2.45) is 0 Å². The topological polar surface area (TPSA) is 119 Å². The highest BCUT2D eigenvalue weighted by Gasteiger charge is 2.18. The molecule has 0 radical (unpaired) electrons. The summed E-state index contributed by atoms with van der Waals surface area (Å²) in [4.78, 5) is 36.4. The summed E-state index contributed by atoms with van der Waals surface area (Å²) in [7, 11) is 0. The molecule has 0 saturated heterocycles. The third kappa shape index (κ3) is 7.26. The van der Waals surface area contributed by atoms with Crippen LogP contribution in [0.5, 0.6) is 0 Å². The molecule has 0 bridgehead atoms. The third-order valence-electron chi connectivity index (χ3n) is 5.14. The lowest BCUT2D eigenvalue weighted by atomic mass is 9.95. The molecule has 3 aromatic rings. The van der Waals surface area contributed by atoms with Crippen LogP contribution in [0.3, 0.4) is 0 Å². The van der Waals surface area contributed by atoms with Gasteiger partial charge in [0.2, 0.25) is 0 Å². The van der Waals surface area contributed by atoms with Gasteiger partial charge in [0.15, 0.2) is 0 Å². The Morgan fingerprint density at radius 1 is 0.657 bits per heavy atom. The van der Waals surface area contributed by atoms with Gasteiger partial charge in [-0.25, -0.2) is 18.4 Å². The highest BCUT2D eigenvalue weighted by molar-refractivity contribution is 5.97. The molecule has 10 heteroatoms. The van der Waals surface area contributed by atoms with E-state index in [4.69, 9.17) is 10.2 Å². The largest absolute Gasteiger partial charge is 0.465 e. The number of rotatable bonds is 9. The normalized spacial score (nSPS) is 10.5. The summed E-state index contributed by atoms with van der Waals surface area (Å²) in [5.74, 6) is -1.29. The van der Waals surface area contributed by atoms with E-state index in [0.29, 0.717) is 22.3 Å². The molecule has 35 heavy (non-hydrogen) atoms. The lowest BCUT2D eigenvalue weighted by molar-refractivity contribution is 0.0756. The molecule has 0 aliphatic carbocycles. The summed E-state index contributed by atoms with van der Waals surface area (Å²) in [6.45, 7) is -0.120. The summed E-state index contributed by atoms with van der Waals surface area (Å²) in [6.07, 6.45) is -2.50. The number of carboxylic acid groups (broad SMARTS) is 2. The fraction of sp³-hybridized carbons (Fsp3) is 0.160. The van der Waals surface area contributed by atoms with Gasteiger partial charge < -0.3 is 25.7 Å². The molecule has 3 amide bonds. The molecule has 0 aliphatic heterocycles. The first-order valence-corrected chi connectivity index (χ1v) is 10.6. The van der Waals surface area contributed by atoms with Crippen LogP contribution in [0.1, 0.15) is 10.4 Å². The van der Waals surface area contributed by atoms with Gasteiger partial charge in [0.1, 0.15) is 11.6 Å². The van der Waals surface area contributed by atoms with Crippen molar-refractivity contribution in [3.8, 4) is 22.3 Å². The number of carbonyl (C=O) groups is 3. The van der Waals surface area contributed by atoms with Crippen LogP contribution in [0.4, 0.5) is 18.4 Å². The molecule has 3 rings (SSSR count). The molecule has 0 atom stereocenters. The smallest absolute Gasteiger partial charge is 0.404 e. The Morgan fingerprint density at radius 2 is 1.06 bits per heavy atom. The molecule has 0 spiro atoms. The maximum absolute atomic E-state index is 13.5. The van der Waals surface area contributed by atoms with E-state index in [2.05, 4.69) is 10.6 Å². The molecule has 0 saturated carbocycles. The Morgan fingerprint density at radius 3 is 1.43 bits per heavy atom. The Hall–Kier alpha value is -4.47. The van der Waals surface area contributed by atoms with Crippen molar-refractivity contribution in [3.63, 3.8) is 0 Å². The molecule has 0 aliphatic rings. The van der Waals surface area contributed by atoms with E-state index in [9.17, 15) is 23.2 Å². The number of nitrogens with zero attached hydrogens (tertiary/aromatic N) is 1. The predicted octanol–water partition coefficient (Wildman–Crippen LogP) is 4.28. The fourth-order valence-electron chi connectivity index (χ4n) is 3.46. The monoisotopic (exact) mass is 483 g/mol. The van der Waals surface area contributed by atoms with Gasteiger partial charge in [0, 0.05) is 31.7 Å². The van der Waals surface area contributed by atoms with E-state index in [1.54, 1.807) is 42.5 Å². The van der Waals surface area contributed by atoms with Crippen LogP contribution < -0.4 is 10.6 Å². The van der Waals surface area contributed by atoms with Crippen molar-refractivity contribution in [2.45, 2.75) is 0 Å². The average molecular weight is 483 g/mol. The first kappa shape index (κ1) is 25.2. The van der Waals surface area contributed by atoms with E-state index in [-0.39, 0.29) is 31.7 Å². The second kappa shape index (κ2) is 11.6. The van der Waals surface area contributed by atoms with Gasteiger partial charge in [-0.15, -0.1) is 0 Å². The minimum atomic E-state index is -1.25. The van der Waals surface area contributed by atoms with Crippen LogP contribution in [0.15, 0.2) is 66.7 Å². The first-order valence-electron chi connectivity index (χ1n) is 10.6. The average Bonchev–Trinajstić information content (AvgIpc) is 2.83. The molecule has 4 N–H and O–H groups in total. The molecule has 3 aromatic carbocycles. The lowest BCUT2D eigenvalue weighted by Gasteiger charge is -2.23. The quantitative estimate of drug-likeness (QED) is 0.362. The van der Waals surface area contributed by atoms with Crippen molar-refractivity contribution in [1.82, 2.24) is 15.5 Å². The van der Waals surface area contributed by atoms with Crippen LogP contribution in [-0.2, 0) is 0 Å². The van der Waals surface area contributed by atoms with Gasteiger partial charge in [-0.05, 0) is 64.7 Å². The zero-order valence-corrected chi connectivity index (χ0v) is 18.5. The van der Waals surface area contributed by atoms with Crippen LogP contribution in [0.25, 0.3) is 22.3 Å². The Balaban J connectivity index is 2.00. The van der Waals surface area contributed by atoms with Crippen LogP contribution in [0, 0.1) is 11.6 Å². The van der Waals surface area contributed by atoms with Crippen LogP contribution >= 0.6 is 0 Å². The van der Waals surface area contributed by atoms with Gasteiger partial charge in [0.25, 0.3) is 5.91 Å². The van der Waals surface area contributed by atoms with Gasteiger partial charge in [-0.3, -0.25) is 4.79 Å². The van der Waals surface area contributed by atoms with E-state index in [1.165, 1.54) is 29.2 Å². The van der Waals surface area contributed by atoms with Crippen molar-refractivity contribution in [2.75, 3.05) is 26.2 Å². The Kier molecular flexibility index (Phi) is 8.33. The van der Waals surface area contributed by atoms with Crippen LogP contribution in [0.2, 0.25) is 0 Å². The highest BCUT2D eigenvalue weighted by Crippen LogP contribution is 2.29. The molecular formula is C25H23F2N3O5. The van der Waals surface area contributed by atoms with Gasteiger partial charge in [-0.2, -0.15) is 0 Å². The summed E-state index contributed by atoms with van der Waals surface area (Å²) in [5, 5.41) is 22.0. The summed E-state index contributed by atoms with van der Waals surface area (Å²) >= 11 is 0. The number of carbonyl (C=O) groups excluding carboxylic acids is 1. The molecule has 0 unspecified atom stereocenters. The lowest BCUT2D eigenvalue weighted by Crippen LogP contribution is -2.42. The summed E-state index contributed by atoms with van der Waals surface area (Å²) in [5.41, 5.74) is 2.77. The number of halogens is 2. The molecule has 0 fully saturated rings. The molecule has 0 heterocycles. The fourth-order valence-corrected chi connectivity index (χ4v) is 3.46. The number of benzene rings is 3. The zero-order valence-electron chi connectivity index (χ0n) is 18.5. The maximum Gasteiger partial charge on any atom is 0.404 e. The highest BCUT2D eigenvalue weighted by atomic mass is 19.1. The molecule has 8 nitrogen and oxygen atoms in total. The van der Waals surface area contributed by atoms with E-state index in [1.807, 2.05) is 0 Å². The molecular weight excluding hydrogens is 460 g/mol. The second-order valence-corrected chi connectivity index (χ2v) is 7.57. The SMILES string of the molecule is O=C(O)NCCN(CCNC(=O)O)C(=O)c1cc(-c2ccc(F)cc2)cc(-c2ccc(F)cc2)c1. The van der Waals surface area contributed by atoms with Crippen LogP contribution in [-0.4, -0.2) is 59.4 Å². The van der Waals surface area contributed by atoms with Crippen molar-refractivity contribution in [3.05, 3.63) is 83.9 Å². The number of hydrogen-bond acceptors (Lipinski definition) is 3.